The highest BCUT2D eigenvalue weighted by atomic mass is 32.2. The van der Waals surface area contributed by atoms with Gasteiger partial charge in [0.2, 0.25) is 15.9 Å². The highest BCUT2D eigenvalue weighted by molar-refractivity contribution is 7.89. The highest BCUT2D eigenvalue weighted by Gasteiger charge is 2.29. The van der Waals surface area contributed by atoms with E-state index in [2.05, 4.69) is 5.32 Å². The van der Waals surface area contributed by atoms with Gasteiger partial charge in [0, 0.05) is 26.2 Å². The fraction of sp³-hybridized carbons (Fsp3) is 0.364. The first kappa shape index (κ1) is 22.9. The van der Waals surface area contributed by atoms with Gasteiger partial charge in [0.05, 0.1) is 24.1 Å². The Labute approximate surface area is 182 Å². The maximum atomic E-state index is 12.7. The number of hydrogen-bond acceptors (Lipinski definition) is 5. The first-order valence-corrected chi connectivity index (χ1v) is 11.4. The molecular weight excluding hydrogens is 418 g/mol. The van der Waals surface area contributed by atoms with Crippen molar-refractivity contribution >= 4 is 21.8 Å². The lowest BCUT2D eigenvalue weighted by molar-refractivity contribution is -0.143. The Morgan fingerprint density at radius 1 is 1.10 bits per heavy atom. The van der Waals surface area contributed by atoms with Crippen LogP contribution >= 0.6 is 0 Å². The average Bonchev–Trinajstić information content (AvgIpc) is 2.77. The van der Waals surface area contributed by atoms with E-state index in [4.69, 9.17) is 4.74 Å². The smallest absolute Gasteiger partial charge is 0.251 e. The number of amides is 2. The van der Waals surface area contributed by atoms with Crippen LogP contribution in [-0.4, -0.2) is 69.3 Å². The molecule has 1 saturated heterocycles. The Balaban J connectivity index is 1.63. The molecule has 1 aliphatic heterocycles. The van der Waals surface area contributed by atoms with Crippen LogP contribution in [0, 0.1) is 0 Å². The monoisotopic (exact) mass is 445 g/mol. The van der Waals surface area contributed by atoms with Crippen molar-refractivity contribution in [1.29, 1.82) is 0 Å². The second-order valence-electron chi connectivity index (χ2n) is 7.64. The summed E-state index contributed by atoms with van der Waals surface area (Å²) in [6.07, 6.45) is -0.357. The first-order chi connectivity index (χ1) is 14.7. The maximum absolute atomic E-state index is 12.7. The van der Waals surface area contributed by atoms with E-state index < -0.39 is 15.9 Å². The number of nitrogens with one attached hydrogen (secondary N) is 1. The summed E-state index contributed by atoms with van der Waals surface area (Å²) in [6.45, 7) is 2.57. The largest absolute Gasteiger partial charge is 0.367 e. The third-order valence-electron chi connectivity index (χ3n) is 5.06. The number of carbonyl (C=O) groups excluding carboxylic acids is 2. The van der Waals surface area contributed by atoms with Gasteiger partial charge >= 0.3 is 0 Å². The second kappa shape index (κ2) is 9.59. The summed E-state index contributed by atoms with van der Waals surface area (Å²) < 4.78 is 31.6. The molecule has 3 rings (SSSR count). The molecule has 1 fully saturated rings. The normalized spacial score (nSPS) is 19.3. The van der Waals surface area contributed by atoms with E-state index in [0.29, 0.717) is 13.1 Å². The lowest BCUT2D eigenvalue weighted by atomic mass is 10.1. The fourth-order valence-corrected chi connectivity index (χ4v) is 4.33. The predicted molar refractivity (Wildman–Crippen MR) is 116 cm³/mol. The number of rotatable bonds is 6. The fourth-order valence-electron chi connectivity index (χ4n) is 3.39. The lowest BCUT2D eigenvalue weighted by Crippen LogP contribution is -2.49. The van der Waals surface area contributed by atoms with E-state index in [0.717, 1.165) is 9.87 Å². The topological polar surface area (TPSA) is 96.0 Å². The second-order valence-corrected chi connectivity index (χ2v) is 9.79. The van der Waals surface area contributed by atoms with Gasteiger partial charge in [-0.05, 0) is 30.7 Å². The molecule has 0 spiro atoms. The van der Waals surface area contributed by atoms with Gasteiger partial charge in [-0.15, -0.1) is 0 Å². The van der Waals surface area contributed by atoms with Crippen molar-refractivity contribution in [2.24, 2.45) is 0 Å². The molecule has 8 nitrogen and oxygen atoms in total. The molecule has 1 heterocycles. The average molecular weight is 446 g/mol. The van der Waals surface area contributed by atoms with Crippen LogP contribution in [0.5, 0.6) is 0 Å². The molecule has 31 heavy (non-hydrogen) atoms. The standard InChI is InChI=1S/C22H27N3O5S/c1-16-14-25(15-20(30-16)17-8-5-4-6-9-17)21(26)13-23-22(27)18-10-7-11-19(12-18)31(28,29)24(2)3/h4-12,16,20H,13-15H2,1-3H3,(H,23,27). The number of hydrogen-bond donors (Lipinski definition) is 1. The molecule has 0 bridgehead atoms. The summed E-state index contributed by atoms with van der Waals surface area (Å²) in [5, 5.41) is 2.59. The zero-order valence-corrected chi connectivity index (χ0v) is 18.6. The molecule has 0 saturated carbocycles. The predicted octanol–water partition coefficient (Wildman–Crippen LogP) is 1.66. The van der Waals surface area contributed by atoms with E-state index in [9.17, 15) is 18.0 Å². The minimum Gasteiger partial charge on any atom is -0.367 e. The zero-order chi connectivity index (χ0) is 22.6. The van der Waals surface area contributed by atoms with Crippen LogP contribution in [0.15, 0.2) is 59.5 Å². The Hall–Kier alpha value is -2.75. The molecule has 0 aliphatic carbocycles. The van der Waals surface area contributed by atoms with Crippen LogP contribution in [0.1, 0.15) is 28.9 Å². The van der Waals surface area contributed by atoms with Crippen LogP contribution in [0.2, 0.25) is 0 Å². The molecule has 0 aromatic heterocycles. The van der Waals surface area contributed by atoms with Crippen LogP contribution in [0.4, 0.5) is 0 Å². The van der Waals surface area contributed by atoms with Gasteiger partial charge in [-0.1, -0.05) is 36.4 Å². The van der Waals surface area contributed by atoms with E-state index >= 15 is 0 Å². The summed E-state index contributed by atoms with van der Waals surface area (Å²) in [4.78, 5) is 26.9. The number of carbonyl (C=O) groups is 2. The molecule has 2 unspecified atom stereocenters. The van der Waals surface area contributed by atoms with E-state index in [1.165, 1.54) is 38.4 Å². The molecule has 1 aliphatic rings. The molecular formula is C22H27N3O5S. The summed E-state index contributed by atoms with van der Waals surface area (Å²) in [5.41, 5.74) is 1.17. The van der Waals surface area contributed by atoms with Crippen molar-refractivity contribution in [2.75, 3.05) is 33.7 Å². The molecule has 2 amide bonds. The Morgan fingerprint density at radius 2 is 1.81 bits per heavy atom. The van der Waals surface area contributed by atoms with Crippen molar-refractivity contribution in [3.05, 3.63) is 65.7 Å². The van der Waals surface area contributed by atoms with Crippen molar-refractivity contribution in [3.63, 3.8) is 0 Å². The quantitative estimate of drug-likeness (QED) is 0.730. The summed E-state index contributed by atoms with van der Waals surface area (Å²) >= 11 is 0. The molecule has 2 aromatic rings. The van der Waals surface area contributed by atoms with Gasteiger partial charge in [-0.2, -0.15) is 0 Å². The third-order valence-corrected chi connectivity index (χ3v) is 6.87. The lowest BCUT2D eigenvalue weighted by Gasteiger charge is -2.37. The number of ether oxygens (including phenoxy) is 1. The van der Waals surface area contributed by atoms with Crippen molar-refractivity contribution in [3.8, 4) is 0 Å². The van der Waals surface area contributed by atoms with Gasteiger partial charge in [-0.3, -0.25) is 9.59 Å². The first-order valence-electron chi connectivity index (χ1n) is 9.97. The van der Waals surface area contributed by atoms with E-state index in [1.54, 1.807) is 4.90 Å². The third kappa shape index (κ3) is 5.49. The minimum atomic E-state index is -3.66. The number of benzene rings is 2. The number of nitrogens with zero attached hydrogens (tertiary/aromatic N) is 2. The van der Waals surface area contributed by atoms with Crippen LogP contribution < -0.4 is 5.32 Å². The molecule has 2 atom stereocenters. The summed E-state index contributed by atoms with van der Waals surface area (Å²) in [7, 11) is -0.809. The maximum Gasteiger partial charge on any atom is 0.251 e. The highest BCUT2D eigenvalue weighted by Crippen LogP contribution is 2.25. The van der Waals surface area contributed by atoms with Crippen LogP contribution in [0.25, 0.3) is 0 Å². The minimum absolute atomic E-state index is 0.0178. The van der Waals surface area contributed by atoms with Gasteiger partial charge in [0.1, 0.15) is 6.10 Å². The zero-order valence-electron chi connectivity index (χ0n) is 17.8. The van der Waals surface area contributed by atoms with Crippen molar-refractivity contribution in [2.45, 2.75) is 24.0 Å². The Bertz CT molecular complexity index is 1040. The molecule has 9 heteroatoms. The Morgan fingerprint density at radius 3 is 2.48 bits per heavy atom. The van der Waals surface area contributed by atoms with E-state index in [1.807, 2.05) is 37.3 Å². The molecule has 2 aromatic carbocycles. The number of sulfonamides is 1. The van der Waals surface area contributed by atoms with Crippen LogP contribution in [-0.2, 0) is 19.6 Å². The van der Waals surface area contributed by atoms with Crippen LogP contribution in [0.3, 0.4) is 0 Å². The molecule has 1 N–H and O–H groups in total. The van der Waals surface area contributed by atoms with Gasteiger partial charge in [0.15, 0.2) is 0 Å². The Kier molecular flexibility index (Phi) is 7.09. The molecule has 166 valence electrons. The summed E-state index contributed by atoms with van der Waals surface area (Å²) in [5.74, 6) is -0.730. The SMILES string of the molecule is CC1CN(C(=O)CNC(=O)c2cccc(S(=O)(=O)N(C)C)c2)CC(c2ccccc2)O1. The van der Waals surface area contributed by atoms with Crippen molar-refractivity contribution < 1.29 is 22.7 Å². The summed E-state index contributed by atoms with van der Waals surface area (Å²) in [6, 6.07) is 15.4. The van der Waals surface area contributed by atoms with Gasteiger partial charge < -0.3 is 15.0 Å². The molecule has 0 radical (unpaired) electrons. The van der Waals surface area contributed by atoms with Crippen molar-refractivity contribution in [1.82, 2.24) is 14.5 Å². The van der Waals surface area contributed by atoms with Gasteiger partial charge in [-0.25, -0.2) is 12.7 Å². The van der Waals surface area contributed by atoms with E-state index in [-0.39, 0.29) is 35.1 Å². The number of morpholine rings is 1. The van der Waals surface area contributed by atoms with Gasteiger partial charge in [0.25, 0.3) is 5.91 Å².